The normalized spacial score (nSPS) is 12.2. The summed E-state index contributed by atoms with van der Waals surface area (Å²) in [6, 6.07) is 0. The molecule has 0 aromatic heterocycles. The van der Waals surface area contributed by atoms with Gasteiger partial charge < -0.3 is 4.74 Å². The summed E-state index contributed by atoms with van der Waals surface area (Å²) in [5, 5.41) is 0. The number of ether oxygens (including phenoxy) is 1. The Morgan fingerprint density at radius 2 is 2.00 bits per heavy atom. The third-order valence-corrected chi connectivity index (χ3v) is 2.13. The molecule has 0 radical (unpaired) electrons. The van der Waals surface area contributed by atoms with Crippen molar-refractivity contribution in [2.24, 2.45) is 5.92 Å². The second kappa shape index (κ2) is 6.95. The molecule has 0 aromatic rings. The van der Waals surface area contributed by atoms with E-state index >= 15 is 0 Å². The molecule has 0 saturated carbocycles. The van der Waals surface area contributed by atoms with Crippen LogP contribution in [0.2, 0.25) is 0 Å². The molecule has 13 heavy (non-hydrogen) atoms. The van der Waals surface area contributed by atoms with Gasteiger partial charge in [-0.3, -0.25) is 9.59 Å². The van der Waals surface area contributed by atoms with Crippen molar-refractivity contribution in [1.29, 1.82) is 0 Å². The van der Waals surface area contributed by atoms with Crippen LogP contribution in [-0.4, -0.2) is 17.7 Å². The zero-order valence-electron chi connectivity index (χ0n) is 8.08. The number of hydrogen-bond acceptors (Lipinski definition) is 4. The van der Waals surface area contributed by atoms with Gasteiger partial charge in [-0.15, -0.1) is 0 Å². The average Bonchev–Trinajstić information content (AvgIpc) is 2.04. The van der Waals surface area contributed by atoms with Crippen LogP contribution in [-0.2, 0) is 14.3 Å². The van der Waals surface area contributed by atoms with Crippen molar-refractivity contribution in [3.05, 3.63) is 0 Å². The fraction of sp³-hybridized carbons (Fsp3) is 0.778. The van der Waals surface area contributed by atoms with E-state index < -0.39 is 11.9 Å². The van der Waals surface area contributed by atoms with Crippen LogP contribution in [0.15, 0.2) is 0 Å². The van der Waals surface area contributed by atoms with Crippen molar-refractivity contribution in [3.8, 4) is 0 Å². The predicted octanol–water partition coefficient (Wildman–Crippen LogP) is 1.81. The summed E-state index contributed by atoms with van der Waals surface area (Å²) in [6.45, 7) is 3.75. The predicted molar refractivity (Wildman–Crippen MR) is 53.6 cm³/mol. The van der Waals surface area contributed by atoms with Crippen molar-refractivity contribution in [1.82, 2.24) is 0 Å². The Morgan fingerprint density at radius 3 is 2.46 bits per heavy atom. The molecule has 0 N–H and O–H groups in total. The molecule has 0 aliphatic rings. The van der Waals surface area contributed by atoms with E-state index in [2.05, 4.69) is 17.4 Å². The number of hydrogen-bond donors (Lipinski definition) is 1. The summed E-state index contributed by atoms with van der Waals surface area (Å²) in [5.74, 6) is -0.0963. The molecule has 0 aromatic carbocycles. The van der Waals surface area contributed by atoms with Gasteiger partial charge in [0.1, 0.15) is 0 Å². The summed E-state index contributed by atoms with van der Waals surface area (Å²) in [6.07, 6.45) is 1.27. The number of thiol groups is 1. The highest BCUT2D eigenvalue weighted by Crippen LogP contribution is 2.05. The molecule has 0 spiro atoms. The van der Waals surface area contributed by atoms with Crippen LogP contribution in [0.25, 0.3) is 0 Å². The standard InChI is InChI=1S/C9H16O3S/c1-3-4-8(10)12-9(11)5-7(2)6-13/h7,13H,3-6H2,1-2H3. The zero-order valence-corrected chi connectivity index (χ0v) is 8.97. The minimum absolute atomic E-state index is 0.158. The highest BCUT2D eigenvalue weighted by Gasteiger charge is 2.12. The van der Waals surface area contributed by atoms with Gasteiger partial charge in [-0.05, 0) is 18.1 Å². The van der Waals surface area contributed by atoms with E-state index in [4.69, 9.17) is 0 Å². The quantitative estimate of drug-likeness (QED) is 0.422. The smallest absolute Gasteiger partial charge is 0.313 e. The number of esters is 2. The van der Waals surface area contributed by atoms with Crippen molar-refractivity contribution < 1.29 is 14.3 Å². The first kappa shape index (κ1) is 12.5. The van der Waals surface area contributed by atoms with Crippen molar-refractivity contribution in [2.75, 3.05) is 5.75 Å². The molecule has 76 valence electrons. The summed E-state index contributed by atoms with van der Waals surface area (Å²) in [7, 11) is 0. The van der Waals surface area contributed by atoms with Gasteiger partial charge in [0.25, 0.3) is 0 Å². The average molecular weight is 204 g/mol. The SMILES string of the molecule is CCCC(=O)OC(=O)CC(C)CS. The first-order valence-corrected chi connectivity index (χ1v) is 5.07. The van der Waals surface area contributed by atoms with Crippen molar-refractivity contribution >= 4 is 24.6 Å². The Bertz CT molecular complexity index is 180. The molecule has 4 heteroatoms. The molecule has 0 heterocycles. The van der Waals surface area contributed by atoms with Crippen LogP contribution in [0.3, 0.4) is 0 Å². The second-order valence-electron chi connectivity index (χ2n) is 3.09. The van der Waals surface area contributed by atoms with Crippen LogP contribution in [0.1, 0.15) is 33.1 Å². The lowest BCUT2D eigenvalue weighted by Crippen LogP contribution is -2.15. The van der Waals surface area contributed by atoms with E-state index in [9.17, 15) is 9.59 Å². The fourth-order valence-corrected chi connectivity index (χ4v) is 0.902. The molecular weight excluding hydrogens is 188 g/mol. The first-order valence-electron chi connectivity index (χ1n) is 4.44. The lowest BCUT2D eigenvalue weighted by molar-refractivity contribution is -0.160. The van der Waals surface area contributed by atoms with Gasteiger partial charge in [0.05, 0.1) is 0 Å². The maximum atomic E-state index is 11.0. The molecule has 0 fully saturated rings. The number of carbonyl (C=O) groups is 2. The number of rotatable bonds is 5. The van der Waals surface area contributed by atoms with Crippen LogP contribution in [0.4, 0.5) is 0 Å². The van der Waals surface area contributed by atoms with E-state index in [-0.39, 0.29) is 12.3 Å². The molecule has 0 aliphatic heterocycles. The second-order valence-corrected chi connectivity index (χ2v) is 3.45. The third kappa shape index (κ3) is 6.63. The molecule has 0 amide bonds. The van der Waals surface area contributed by atoms with Gasteiger partial charge in [-0.2, -0.15) is 12.6 Å². The van der Waals surface area contributed by atoms with E-state index in [1.165, 1.54) is 0 Å². The zero-order chi connectivity index (χ0) is 10.3. The van der Waals surface area contributed by atoms with E-state index in [1.807, 2.05) is 13.8 Å². The Balaban J connectivity index is 3.67. The Morgan fingerprint density at radius 1 is 1.38 bits per heavy atom. The highest BCUT2D eigenvalue weighted by molar-refractivity contribution is 7.80. The molecular formula is C9H16O3S. The molecule has 1 unspecified atom stereocenters. The van der Waals surface area contributed by atoms with E-state index in [0.717, 1.165) is 0 Å². The molecule has 0 aliphatic carbocycles. The minimum atomic E-state index is -0.444. The molecule has 0 bridgehead atoms. The van der Waals surface area contributed by atoms with Gasteiger partial charge in [-0.1, -0.05) is 13.8 Å². The van der Waals surface area contributed by atoms with Crippen LogP contribution in [0.5, 0.6) is 0 Å². The highest BCUT2D eigenvalue weighted by atomic mass is 32.1. The topological polar surface area (TPSA) is 43.4 Å². The largest absolute Gasteiger partial charge is 0.393 e. The third-order valence-electron chi connectivity index (χ3n) is 1.51. The van der Waals surface area contributed by atoms with Gasteiger partial charge >= 0.3 is 11.9 Å². The Hall–Kier alpha value is -0.510. The van der Waals surface area contributed by atoms with Crippen LogP contribution >= 0.6 is 12.6 Å². The Labute approximate surface area is 84.3 Å². The van der Waals surface area contributed by atoms with Crippen LogP contribution in [0, 0.1) is 5.92 Å². The van der Waals surface area contributed by atoms with Gasteiger partial charge in [0.2, 0.25) is 0 Å². The van der Waals surface area contributed by atoms with Crippen LogP contribution < -0.4 is 0 Å². The molecule has 0 saturated heterocycles. The Kier molecular flexibility index (Phi) is 6.68. The number of carbonyl (C=O) groups excluding carboxylic acids is 2. The summed E-state index contributed by atoms with van der Waals surface area (Å²) < 4.78 is 4.55. The maximum Gasteiger partial charge on any atom is 0.313 e. The van der Waals surface area contributed by atoms with Gasteiger partial charge in [-0.25, -0.2) is 0 Å². The van der Waals surface area contributed by atoms with E-state index in [0.29, 0.717) is 18.6 Å². The molecule has 1 atom stereocenters. The van der Waals surface area contributed by atoms with E-state index in [1.54, 1.807) is 0 Å². The minimum Gasteiger partial charge on any atom is -0.393 e. The lowest BCUT2D eigenvalue weighted by atomic mass is 10.1. The van der Waals surface area contributed by atoms with Crippen molar-refractivity contribution in [2.45, 2.75) is 33.1 Å². The van der Waals surface area contributed by atoms with Gasteiger partial charge in [0, 0.05) is 12.8 Å². The lowest BCUT2D eigenvalue weighted by Gasteiger charge is -2.06. The summed E-state index contributed by atoms with van der Waals surface area (Å²) >= 11 is 4.03. The molecule has 0 rings (SSSR count). The summed E-state index contributed by atoms with van der Waals surface area (Å²) in [4.78, 5) is 21.9. The molecule has 3 nitrogen and oxygen atoms in total. The summed E-state index contributed by atoms with van der Waals surface area (Å²) in [5.41, 5.74) is 0. The fourth-order valence-electron chi connectivity index (χ4n) is 0.773. The first-order chi connectivity index (χ1) is 6.10. The van der Waals surface area contributed by atoms with Gasteiger partial charge in [0.15, 0.2) is 0 Å². The monoisotopic (exact) mass is 204 g/mol. The maximum absolute atomic E-state index is 11.0. The van der Waals surface area contributed by atoms with Crippen molar-refractivity contribution in [3.63, 3.8) is 0 Å².